The second kappa shape index (κ2) is 15.1. The van der Waals surface area contributed by atoms with Gasteiger partial charge in [-0.25, -0.2) is 0 Å². The molecule has 3 rings (SSSR count). The van der Waals surface area contributed by atoms with Gasteiger partial charge in [-0.1, -0.05) is 104 Å². The first-order valence-corrected chi connectivity index (χ1v) is 14.4. The van der Waals surface area contributed by atoms with Gasteiger partial charge in [0, 0.05) is 47.5 Å². The molecule has 7 heteroatoms. The number of carbonyl (C=O) groups excluding carboxylic acids is 2. The Morgan fingerprint density at radius 2 is 1.57 bits per heavy atom. The minimum Gasteiger partial charge on any atom is -0.354 e. The Balaban J connectivity index is 1.82. The SMILES string of the molecule is CC(C)CNC(=O)[C@H](Cc1ccccc1)N(Cc1ccc(Cl)cc1Cl)C(=O)CCSCc1ccccc1. The number of rotatable bonds is 13. The van der Waals surface area contributed by atoms with E-state index in [9.17, 15) is 9.59 Å². The van der Waals surface area contributed by atoms with E-state index < -0.39 is 6.04 Å². The highest BCUT2D eigenvalue weighted by molar-refractivity contribution is 7.98. The van der Waals surface area contributed by atoms with E-state index in [1.54, 1.807) is 28.8 Å². The maximum atomic E-state index is 13.7. The number of carbonyl (C=O) groups is 2. The Hall–Kier alpha value is -2.47. The average molecular weight is 558 g/mol. The fraction of sp³-hybridized carbons (Fsp3) is 0.333. The summed E-state index contributed by atoms with van der Waals surface area (Å²) in [4.78, 5) is 28.8. The van der Waals surface area contributed by atoms with E-state index in [0.29, 0.717) is 41.1 Å². The van der Waals surface area contributed by atoms with E-state index in [1.165, 1.54) is 5.56 Å². The third kappa shape index (κ3) is 9.73. The number of hydrogen-bond donors (Lipinski definition) is 1. The molecule has 37 heavy (non-hydrogen) atoms. The molecule has 3 aromatic carbocycles. The normalized spacial score (nSPS) is 11.8. The molecule has 0 aliphatic heterocycles. The summed E-state index contributed by atoms with van der Waals surface area (Å²) in [5.41, 5.74) is 2.97. The van der Waals surface area contributed by atoms with E-state index in [-0.39, 0.29) is 18.4 Å². The lowest BCUT2D eigenvalue weighted by Gasteiger charge is -2.32. The zero-order chi connectivity index (χ0) is 26.6. The smallest absolute Gasteiger partial charge is 0.243 e. The standard InChI is InChI=1S/C30H34Cl2N2O2S/c1-22(2)19-33-30(36)28(17-23-9-5-3-6-10-23)34(20-25-13-14-26(31)18-27(25)32)29(35)15-16-37-21-24-11-7-4-8-12-24/h3-14,18,22,28H,15-17,19-21H2,1-2H3,(H,33,36)/t28-/m0/s1. The molecule has 196 valence electrons. The highest BCUT2D eigenvalue weighted by Crippen LogP contribution is 2.25. The maximum Gasteiger partial charge on any atom is 0.243 e. The van der Waals surface area contributed by atoms with Gasteiger partial charge in [-0.05, 0) is 34.7 Å². The number of hydrogen-bond acceptors (Lipinski definition) is 3. The lowest BCUT2D eigenvalue weighted by Crippen LogP contribution is -2.51. The van der Waals surface area contributed by atoms with Gasteiger partial charge in [0.05, 0.1) is 0 Å². The first-order chi connectivity index (χ1) is 17.8. The molecule has 4 nitrogen and oxygen atoms in total. The van der Waals surface area contributed by atoms with Crippen LogP contribution in [0.1, 0.15) is 37.0 Å². The largest absolute Gasteiger partial charge is 0.354 e. The van der Waals surface area contributed by atoms with Crippen LogP contribution in [0.4, 0.5) is 0 Å². The van der Waals surface area contributed by atoms with Crippen molar-refractivity contribution in [1.82, 2.24) is 10.2 Å². The molecule has 0 radical (unpaired) electrons. The summed E-state index contributed by atoms with van der Waals surface area (Å²) in [6.07, 6.45) is 0.740. The average Bonchev–Trinajstić information content (AvgIpc) is 2.89. The number of nitrogens with one attached hydrogen (secondary N) is 1. The van der Waals surface area contributed by atoms with Gasteiger partial charge in [-0.3, -0.25) is 9.59 Å². The van der Waals surface area contributed by atoms with Crippen LogP contribution in [0.5, 0.6) is 0 Å². The first-order valence-electron chi connectivity index (χ1n) is 12.5. The molecule has 3 aromatic rings. The predicted molar refractivity (Wildman–Crippen MR) is 156 cm³/mol. The molecular weight excluding hydrogens is 523 g/mol. The summed E-state index contributed by atoms with van der Waals surface area (Å²) < 4.78 is 0. The van der Waals surface area contributed by atoms with Gasteiger partial charge in [-0.15, -0.1) is 0 Å². The van der Waals surface area contributed by atoms with Crippen molar-refractivity contribution >= 4 is 46.8 Å². The number of amides is 2. The molecular formula is C30H34Cl2N2O2S. The van der Waals surface area contributed by atoms with Gasteiger partial charge in [0.15, 0.2) is 0 Å². The fourth-order valence-corrected chi connectivity index (χ4v) is 5.24. The zero-order valence-corrected chi connectivity index (χ0v) is 23.7. The van der Waals surface area contributed by atoms with Crippen LogP contribution >= 0.6 is 35.0 Å². The van der Waals surface area contributed by atoms with Crippen LogP contribution < -0.4 is 5.32 Å². The number of nitrogens with zero attached hydrogens (tertiary/aromatic N) is 1. The number of halogens is 2. The van der Waals surface area contributed by atoms with Crippen molar-refractivity contribution in [2.45, 2.75) is 45.0 Å². The molecule has 0 aromatic heterocycles. The van der Waals surface area contributed by atoms with E-state index in [4.69, 9.17) is 23.2 Å². The Kier molecular flexibility index (Phi) is 11.8. The number of thioether (sulfide) groups is 1. The molecule has 1 N–H and O–H groups in total. The highest BCUT2D eigenvalue weighted by atomic mass is 35.5. The summed E-state index contributed by atoms with van der Waals surface area (Å²) in [6, 6.07) is 24.6. The van der Waals surface area contributed by atoms with Crippen molar-refractivity contribution in [2.75, 3.05) is 12.3 Å². The van der Waals surface area contributed by atoms with E-state index in [0.717, 1.165) is 16.9 Å². The van der Waals surface area contributed by atoms with Crippen molar-refractivity contribution in [3.63, 3.8) is 0 Å². The minimum atomic E-state index is -0.667. The third-order valence-electron chi connectivity index (χ3n) is 5.88. The van der Waals surface area contributed by atoms with Gasteiger partial charge < -0.3 is 10.2 Å². The van der Waals surface area contributed by atoms with Crippen LogP contribution in [0.15, 0.2) is 78.9 Å². The molecule has 0 saturated carbocycles. The molecule has 0 spiro atoms. The molecule has 0 aliphatic rings. The Morgan fingerprint density at radius 3 is 2.19 bits per heavy atom. The van der Waals surface area contributed by atoms with Crippen LogP contribution in [0.25, 0.3) is 0 Å². The van der Waals surface area contributed by atoms with Crippen molar-refractivity contribution in [1.29, 1.82) is 0 Å². The monoisotopic (exact) mass is 556 g/mol. The van der Waals surface area contributed by atoms with Crippen molar-refractivity contribution in [3.05, 3.63) is 106 Å². The topological polar surface area (TPSA) is 49.4 Å². The molecule has 0 saturated heterocycles. The lowest BCUT2D eigenvalue weighted by molar-refractivity contribution is -0.141. The Morgan fingerprint density at radius 1 is 0.919 bits per heavy atom. The molecule has 0 aliphatic carbocycles. The van der Waals surface area contributed by atoms with Crippen LogP contribution in [-0.2, 0) is 28.3 Å². The number of benzene rings is 3. The predicted octanol–water partition coefficient (Wildman–Crippen LogP) is 7.03. The zero-order valence-electron chi connectivity index (χ0n) is 21.3. The van der Waals surface area contributed by atoms with Crippen molar-refractivity contribution in [2.24, 2.45) is 5.92 Å². The third-order valence-corrected chi connectivity index (χ3v) is 7.50. The van der Waals surface area contributed by atoms with Crippen molar-refractivity contribution < 1.29 is 9.59 Å². The molecule has 0 heterocycles. The first kappa shape index (κ1) is 29.1. The van der Waals surface area contributed by atoms with Crippen LogP contribution in [0.3, 0.4) is 0 Å². The van der Waals surface area contributed by atoms with Gasteiger partial charge in [0.2, 0.25) is 11.8 Å². The van der Waals surface area contributed by atoms with E-state index in [2.05, 4.69) is 17.4 Å². The minimum absolute atomic E-state index is 0.0767. The van der Waals surface area contributed by atoms with Crippen LogP contribution in [-0.4, -0.2) is 35.1 Å². The maximum absolute atomic E-state index is 13.7. The van der Waals surface area contributed by atoms with Gasteiger partial charge in [-0.2, -0.15) is 11.8 Å². The van der Waals surface area contributed by atoms with E-state index >= 15 is 0 Å². The van der Waals surface area contributed by atoms with Gasteiger partial charge >= 0.3 is 0 Å². The Bertz CT molecular complexity index is 1140. The van der Waals surface area contributed by atoms with Crippen molar-refractivity contribution in [3.8, 4) is 0 Å². The second-order valence-electron chi connectivity index (χ2n) is 9.39. The fourth-order valence-electron chi connectivity index (χ4n) is 3.88. The summed E-state index contributed by atoms with van der Waals surface area (Å²) in [7, 11) is 0. The Labute approximate surface area is 234 Å². The molecule has 1 atom stereocenters. The molecule has 0 unspecified atom stereocenters. The molecule has 0 fully saturated rings. The van der Waals surface area contributed by atoms with Gasteiger partial charge in [0.1, 0.15) is 6.04 Å². The summed E-state index contributed by atoms with van der Waals surface area (Å²) in [6.45, 7) is 4.87. The second-order valence-corrected chi connectivity index (χ2v) is 11.3. The molecule has 2 amide bonds. The van der Waals surface area contributed by atoms with Crippen LogP contribution in [0.2, 0.25) is 10.0 Å². The summed E-state index contributed by atoms with van der Waals surface area (Å²) in [5.74, 6) is 1.55. The lowest BCUT2D eigenvalue weighted by atomic mass is 10.0. The summed E-state index contributed by atoms with van der Waals surface area (Å²) >= 11 is 14.3. The van der Waals surface area contributed by atoms with E-state index in [1.807, 2.05) is 68.4 Å². The summed E-state index contributed by atoms with van der Waals surface area (Å²) in [5, 5.41) is 4.05. The van der Waals surface area contributed by atoms with Crippen LogP contribution in [0, 0.1) is 5.92 Å². The quantitative estimate of drug-likeness (QED) is 0.230. The highest BCUT2D eigenvalue weighted by Gasteiger charge is 2.30. The van der Waals surface area contributed by atoms with Gasteiger partial charge in [0.25, 0.3) is 0 Å². The molecule has 0 bridgehead atoms.